The zero-order chi connectivity index (χ0) is 30.5. The van der Waals surface area contributed by atoms with Crippen LogP contribution in [0.1, 0.15) is 44.0 Å². The Hall–Kier alpha value is -4.61. The Labute approximate surface area is 249 Å². The first-order valence-electron chi connectivity index (χ1n) is 14.4. The van der Waals surface area contributed by atoms with E-state index in [1.54, 1.807) is 37.5 Å². The minimum Gasteiger partial charge on any atom is -0.392 e. The second-order valence-electron chi connectivity index (χ2n) is 12.1. The van der Waals surface area contributed by atoms with Crippen LogP contribution in [0.2, 0.25) is 0 Å². The van der Waals surface area contributed by atoms with Crippen LogP contribution < -0.4 is 16.4 Å². The maximum Gasteiger partial charge on any atom is 0.290 e. The molecule has 5 aromatic rings. The van der Waals surface area contributed by atoms with Gasteiger partial charge in [0.05, 0.1) is 35.3 Å². The van der Waals surface area contributed by atoms with Gasteiger partial charge in [0.15, 0.2) is 5.82 Å². The Balaban J connectivity index is 1.39. The van der Waals surface area contributed by atoms with Crippen LogP contribution in [0.5, 0.6) is 0 Å². The van der Waals surface area contributed by atoms with E-state index >= 15 is 0 Å². The number of aromatic nitrogens is 6. The predicted molar refractivity (Wildman–Crippen MR) is 167 cm³/mol. The lowest BCUT2D eigenvalue weighted by atomic mass is 9.86. The third-order valence-corrected chi connectivity index (χ3v) is 8.10. The minimum atomic E-state index is -0.367. The van der Waals surface area contributed by atoms with Gasteiger partial charge in [-0.25, -0.2) is 4.68 Å². The number of hydrogen-bond donors (Lipinski definition) is 2. The summed E-state index contributed by atoms with van der Waals surface area (Å²) in [4.78, 5) is 29.0. The summed E-state index contributed by atoms with van der Waals surface area (Å²) in [5.41, 5.74) is 3.73. The monoisotopic (exact) mass is 580 g/mol. The van der Waals surface area contributed by atoms with Crippen LogP contribution in [-0.4, -0.2) is 52.4 Å². The molecule has 0 amide bonds. The zero-order valence-corrected chi connectivity index (χ0v) is 25.1. The molecule has 1 aliphatic heterocycles. The van der Waals surface area contributed by atoms with Crippen LogP contribution in [0.15, 0.2) is 64.3 Å². The van der Waals surface area contributed by atoms with Crippen molar-refractivity contribution in [3.63, 3.8) is 0 Å². The molecule has 1 aliphatic rings. The van der Waals surface area contributed by atoms with Gasteiger partial charge in [-0.2, -0.15) is 20.0 Å². The molecule has 4 heterocycles. The second-order valence-corrected chi connectivity index (χ2v) is 12.1. The first kappa shape index (κ1) is 28.5. The summed E-state index contributed by atoms with van der Waals surface area (Å²) in [6.07, 6.45) is 2.88. The number of aliphatic hydroxyl groups excluding tert-OH is 1. The van der Waals surface area contributed by atoms with Gasteiger partial charge in [0.1, 0.15) is 5.69 Å². The van der Waals surface area contributed by atoms with Crippen LogP contribution in [0.3, 0.4) is 0 Å². The summed E-state index contributed by atoms with van der Waals surface area (Å²) in [6.45, 7) is 8.96. The molecule has 11 nitrogen and oxygen atoms in total. The van der Waals surface area contributed by atoms with E-state index in [-0.39, 0.29) is 23.1 Å². The van der Waals surface area contributed by atoms with E-state index in [0.29, 0.717) is 39.4 Å². The highest BCUT2D eigenvalue weighted by atomic mass is 16.3. The van der Waals surface area contributed by atoms with E-state index in [1.807, 2.05) is 36.0 Å². The number of rotatable bonds is 7. The van der Waals surface area contributed by atoms with Crippen molar-refractivity contribution < 1.29 is 5.11 Å². The summed E-state index contributed by atoms with van der Waals surface area (Å²) in [6, 6.07) is 14.7. The quantitative estimate of drug-likeness (QED) is 0.299. The van der Waals surface area contributed by atoms with Gasteiger partial charge < -0.3 is 10.4 Å². The molecule has 0 aliphatic carbocycles. The molecule has 1 saturated heterocycles. The molecule has 11 heteroatoms. The molecule has 222 valence electrons. The number of aryl methyl sites for hydroxylation is 2. The van der Waals surface area contributed by atoms with Gasteiger partial charge in [-0.1, -0.05) is 39.0 Å². The zero-order valence-electron chi connectivity index (χ0n) is 25.1. The second kappa shape index (κ2) is 10.9. The summed E-state index contributed by atoms with van der Waals surface area (Å²) in [5, 5.41) is 28.5. The molecule has 2 N–H and O–H groups in total. The summed E-state index contributed by atoms with van der Waals surface area (Å²) in [5.74, 6) is 0.560. The van der Waals surface area contributed by atoms with Crippen LogP contribution in [0.4, 0.5) is 11.5 Å². The lowest BCUT2D eigenvalue weighted by Crippen LogP contribution is -2.36. The van der Waals surface area contributed by atoms with Crippen molar-refractivity contribution in [2.45, 2.75) is 45.8 Å². The SMILES string of the molecule is Cn1nc(Nc2cc(-c3cccc(-n4ncc5cc(C(C)(C)C)ccc5c4=O)c3CO)nn(C)c2=O)cc1CN1CCC1. The molecular formula is C32H36N8O3. The molecular weight excluding hydrogens is 544 g/mol. The first-order chi connectivity index (χ1) is 20.5. The van der Waals surface area contributed by atoms with Crippen LogP contribution in [0, 0.1) is 0 Å². The average Bonchev–Trinajstić information content (AvgIpc) is 3.30. The number of benzene rings is 2. The number of anilines is 2. The van der Waals surface area contributed by atoms with Crippen LogP contribution in [-0.2, 0) is 32.7 Å². The molecule has 0 unspecified atom stereocenters. The summed E-state index contributed by atoms with van der Waals surface area (Å²) < 4.78 is 4.38. The van der Waals surface area contributed by atoms with Crippen molar-refractivity contribution in [3.05, 3.63) is 92.3 Å². The van der Waals surface area contributed by atoms with Gasteiger partial charge in [-0.05, 0) is 54.8 Å². The third-order valence-electron chi connectivity index (χ3n) is 8.10. The van der Waals surface area contributed by atoms with E-state index in [0.717, 1.165) is 36.3 Å². The molecule has 0 atom stereocenters. The Morgan fingerprint density at radius 1 is 0.953 bits per heavy atom. The maximum absolute atomic E-state index is 13.6. The van der Waals surface area contributed by atoms with Crippen molar-refractivity contribution in [2.24, 2.45) is 14.1 Å². The highest BCUT2D eigenvalue weighted by Crippen LogP contribution is 2.29. The van der Waals surface area contributed by atoms with E-state index < -0.39 is 0 Å². The van der Waals surface area contributed by atoms with Crippen LogP contribution >= 0.6 is 0 Å². The van der Waals surface area contributed by atoms with Crippen molar-refractivity contribution in [1.82, 2.24) is 34.2 Å². The van der Waals surface area contributed by atoms with Crippen LogP contribution in [0.25, 0.3) is 27.7 Å². The van der Waals surface area contributed by atoms with Gasteiger partial charge in [0.2, 0.25) is 0 Å². The van der Waals surface area contributed by atoms with E-state index in [2.05, 4.69) is 46.3 Å². The fraction of sp³-hybridized carbons (Fsp3) is 0.344. The lowest BCUT2D eigenvalue weighted by Gasteiger charge is -2.30. The highest BCUT2D eigenvalue weighted by molar-refractivity contribution is 5.82. The molecule has 2 aromatic carbocycles. The third kappa shape index (κ3) is 5.37. The Kier molecular flexibility index (Phi) is 7.23. The Bertz CT molecular complexity index is 1960. The fourth-order valence-corrected chi connectivity index (χ4v) is 5.42. The molecule has 0 bridgehead atoms. The molecule has 1 fully saturated rings. The van der Waals surface area contributed by atoms with Crippen molar-refractivity contribution in [3.8, 4) is 16.9 Å². The topological polar surface area (TPSA) is 123 Å². The van der Waals surface area contributed by atoms with Gasteiger partial charge in [0, 0.05) is 43.2 Å². The van der Waals surface area contributed by atoms with Crippen molar-refractivity contribution in [2.75, 3.05) is 18.4 Å². The molecule has 0 spiro atoms. The number of hydrogen-bond acceptors (Lipinski definition) is 8. The number of nitrogens with one attached hydrogen (secondary N) is 1. The van der Waals surface area contributed by atoms with Gasteiger partial charge >= 0.3 is 0 Å². The van der Waals surface area contributed by atoms with E-state index in [1.165, 1.54) is 15.8 Å². The molecule has 0 radical (unpaired) electrons. The normalized spacial score (nSPS) is 13.8. The standard InChI is InChI=1S/C32H36N8O3/c1-32(2,3)21-10-11-23-20(14-21)17-33-40(30(23)42)28-9-6-8-24(25(28)19-41)26-16-27(31(43)38(5)35-26)34-29-15-22(37(4)36-29)18-39-12-7-13-39/h6,8-11,14-17,41H,7,12-13,18-19H2,1-5H3,(H,34,36). The molecule has 6 rings (SSSR count). The predicted octanol–water partition coefficient (Wildman–Crippen LogP) is 3.62. The first-order valence-corrected chi connectivity index (χ1v) is 14.4. The fourth-order valence-electron chi connectivity index (χ4n) is 5.42. The van der Waals surface area contributed by atoms with Gasteiger partial charge in [0.25, 0.3) is 11.1 Å². The smallest absolute Gasteiger partial charge is 0.290 e. The lowest BCUT2D eigenvalue weighted by molar-refractivity contribution is 0.168. The maximum atomic E-state index is 13.6. The Morgan fingerprint density at radius 2 is 1.74 bits per heavy atom. The highest BCUT2D eigenvalue weighted by Gasteiger charge is 2.20. The summed E-state index contributed by atoms with van der Waals surface area (Å²) in [7, 11) is 3.47. The Morgan fingerprint density at radius 3 is 2.44 bits per heavy atom. The van der Waals surface area contributed by atoms with Crippen molar-refractivity contribution in [1.29, 1.82) is 0 Å². The number of nitrogens with zero attached hydrogens (tertiary/aromatic N) is 7. The number of fused-ring (bicyclic) bond motifs is 1. The van der Waals surface area contributed by atoms with Gasteiger partial charge in [-0.3, -0.25) is 19.2 Å². The molecule has 3 aromatic heterocycles. The number of aliphatic hydroxyl groups is 1. The minimum absolute atomic E-state index is 0.0645. The van der Waals surface area contributed by atoms with E-state index in [4.69, 9.17) is 0 Å². The largest absolute Gasteiger partial charge is 0.392 e. The summed E-state index contributed by atoms with van der Waals surface area (Å²) >= 11 is 0. The number of likely N-dealkylation sites (tertiary alicyclic amines) is 1. The van der Waals surface area contributed by atoms with Crippen molar-refractivity contribution >= 4 is 22.3 Å². The van der Waals surface area contributed by atoms with E-state index in [9.17, 15) is 14.7 Å². The molecule has 0 saturated carbocycles. The molecule has 43 heavy (non-hydrogen) atoms. The van der Waals surface area contributed by atoms with Gasteiger partial charge in [-0.15, -0.1) is 0 Å². The average molecular weight is 581 g/mol.